The van der Waals surface area contributed by atoms with Crippen molar-refractivity contribution in [2.24, 2.45) is 5.92 Å². The predicted octanol–water partition coefficient (Wildman–Crippen LogP) is 2.52. The number of hydrogen-bond donors (Lipinski definition) is 1. The number of aliphatic hydroxyl groups is 1. The lowest BCUT2D eigenvalue weighted by molar-refractivity contribution is -0.150. The van der Waals surface area contributed by atoms with Crippen molar-refractivity contribution in [3.05, 3.63) is 0 Å². The lowest BCUT2D eigenvalue weighted by atomic mass is 10.0. The van der Waals surface area contributed by atoms with Crippen molar-refractivity contribution < 1.29 is 14.6 Å². The number of carbonyl (C=O) groups is 1. The smallest absolute Gasteiger partial charge is 0.306 e. The molecule has 1 N–H and O–H groups in total. The van der Waals surface area contributed by atoms with Crippen LogP contribution in [0.1, 0.15) is 53.9 Å². The van der Waals surface area contributed by atoms with Gasteiger partial charge in [0.2, 0.25) is 0 Å². The molecule has 0 amide bonds. The fourth-order valence-electron chi connectivity index (χ4n) is 1.43. The van der Waals surface area contributed by atoms with Gasteiger partial charge in [-0.1, -0.05) is 13.8 Å². The van der Waals surface area contributed by atoms with Crippen LogP contribution in [0.2, 0.25) is 0 Å². The van der Waals surface area contributed by atoms with Crippen LogP contribution < -0.4 is 0 Å². The molecular weight excluding hydrogens is 192 g/mol. The fourth-order valence-corrected chi connectivity index (χ4v) is 1.43. The molecule has 0 aromatic carbocycles. The average molecular weight is 216 g/mol. The molecule has 0 radical (unpaired) electrons. The maximum absolute atomic E-state index is 11.3. The van der Waals surface area contributed by atoms with Gasteiger partial charge in [0.1, 0.15) is 6.10 Å². The van der Waals surface area contributed by atoms with Crippen molar-refractivity contribution in [3.63, 3.8) is 0 Å². The Bertz CT molecular complexity index is 192. The van der Waals surface area contributed by atoms with Gasteiger partial charge in [0.25, 0.3) is 0 Å². The maximum atomic E-state index is 11.3. The van der Waals surface area contributed by atoms with E-state index in [4.69, 9.17) is 4.74 Å². The first-order valence-corrected chi connectivity index (χ1v) is 5.62. The maximum Gasteiger partial charge on any atom is 0.306 e. The Balaban J connectivity index is 3.77. The lowest BCUT2D eigenvalue weighted by Gasteiger charge is -2.22. The van der Waals surface area contributed by atoms with Crippen molar-refractivity contribution in [2.45, 2.75) is 65.6 Å². The van der Waals surface area contributed by atoms with Crippen molar-refractivity contribution in [3.8, 4) is 0 Å². The zero-order chi connectivity index (χ0) is 12.1. The van der Waals surface area contributed by atoms with Gasteiger partial charge in [-0.25, -0.2) is 0 Å². The Morgan fingerprint density at radius 1 is 1.33 bits per heavy atom. The first-order chi connectivity index (χ1) is 6.70. The SMILES string of the molecule is CC(C)CCC(=O)OC(C)CC(C)(C)O. The summed E-state index contributed by atoms with van der Waals surface area (Å²) in [5.74, 6) is 0.350. The minimum atomic E-state index is -0.780. The fraction of sp³-hybridized carbons (Fsp3) is 0.917. The molecule has 3 heteroatoms. The summed E-state index contributed by atoms with van der Waals surface area (Å²) in [5.41, 5.74) is -0.780. The van der Waals surface area contributed by atoms with Gasteiger partial charge in [0.05, 0.1) is 5.60 Å². The molecule has 0 rings (SSSR count). The van der Waals surface area contributed by atoms with Crippen LogP contribution in [0, 0.1) is 5.92 Å². The van der Waals surface area contributed by atoms with Crippen LogP contribution in [0.4, 0.5) is 0 Å². The van der Waals surface area contributed by atoms with Crippen LogP contribution >= 0.6 is 0 Å². The first-order valence-electron chi connectivity index (χ1n) is 5.62. The van der Waals surface area contributed by atoms with Crippen LogP contribution in [0.5, 0.6) is 0 Å². The minimum absolute atomic E-state index is 0.166. The molecule has 1 atom stereocenters. The molecule has 0 aliphatic rings. The van der Waals surface area contributed by atoms with Gasteiger partial charge in [-0.05, 0) is 33.1 Å². The number of carbonyl (C=O) groups excluding carboxylic acids is 1. The van der Waals surface area contributed by atoms with Crippen LogP contribution in [0.15, 0.2) is 0 Å². The Morgan fingerprint density at radius 2 is 1.87 bits per heavy atom. The van der Waals surface area contributed by atoms with E-state index in [1.165, 1.54) is 0 Å². The highest BCUT2D eigenvalue weighted by atomic mass is 16.5. The number of ether oxygens (including phenoxy) is 1. The summed E-state index contributed by atoms with van der Waals surface area (Å²) in [6.45, 7) is 9.39. The van der Waals surface area contributed by atoms with Gasteiger partial charge in [-0.2, -0.15) is 0 Å². The van der Waals surface area contributed by atoms with Gasteiger partial charge >= 0.3 is 5.97 Å². The molecule has 15 heavy (non-hydrogen) atoms. The molecular formula is C12H24O3. The third-order valence-electron chi connectivity index (χ3n) is 2.05. The quantitative estimate of drug-likeness (QED) is 0.694. The molecule has 0 bridgehead atoms. The number of hydrogen-bond acceptors (Lipinski definition) is 3. The van der Waals surface area contributed by atoms with Gasteiger partial charge in [-0.3, -0.25) is 4.79 Å². The average Bonchev–Trinajstić information content (AvgIpc) is 1.96. The van der Waals surface area contributed by atoms with Gasteiger partial charge in [0.15, 0.2) is 0 Å². The third-order valence-corrected chi connectivity index (χ3v) is 2.05. The molecule has 0 fully saturated rings. The van der Waals surface area contributed by atoms with Crippen molar-refractivity contribution in [2.75, 3.05) is 0 Å². The third kappa shape index (κ3) is 9.73. The monoisotopic (exact) mass is 216 g/mol. The van der Waals surface area contributed by atoms with E-state index in [0.29, 0.717) is 18.8 Å². The van der Waals surface area contributed by atoms with Crippen molar-refractivity contribution >= 4 is 5.97 Å². The normalized spacial score (nSPS) is 14.1. The van der Waals surface area contributed by atoms with E-state index < -0.39 is 5.60 Å². The highest BCUT2D eigenvalue weighted by Crippen LogP contribution is 2.14. The summed E-state index contributed by atoms with van der Waals surface area (Å²) >= 11 is 0. The van der Waals surface area contributed by atoms with Gasteiger partial charge in [0, 0.05) is 12.8 Å². The van der Waals surface area contributed by atoms with E-state index in [0.717, 1.165) is 6.42 Å². The summed E-state index contributed by atoms with van der Waals surface area (Å²) in [7, 11) is 0. The highest BCUT2D eigenvalue weighted by Gasteiger charge is 2.19. The summed E-state index contributed by atoms with van der Waals surface area (Å²) < 4.78 is 5.18. The molecule has 90 valence electrons. The summed E-state index contributed by atoms with van der Waals surface area (Å²) in [6, 6.07) is 0. The van der Waals surface area contributed by atoms with Gasteiger partial charge < -0.3 is 9.84 Å². The molecule has 0 saturated heterocycles. The lowest BCUT2D eigenvalue weighted by Crippen LogP contribution is -2.27. The molecule has 0 aromatic rings. The Morgan fingerprint density at radius 3 is 2.27 bits per heavy atom. The topological polar surface area (TPSA) is 46.5 Å². The van der Waals surface area contributed by atoms with Crippen molar-refractivity contribution in [1.82, 2.24) is 0 Å². The molecule has 0 heterocycles. The van der Waals surface area contributed by atoms with Crippen molar-refractivity contribution in [1.29, 1.82) is 0 Å². The Hall–Kier alpha value is -0.570. The van der Waals surface area contributed by atoms with E-state index in [9.17, 15) is 9.90 Å². The first kappa shape index (κ1) is 14.4. The second kappa shape index (κ2) is 6.11. The Labute approximate surface area is 92.8 Å². The van der Waals surface area contributed by atoms with Crippen LogP contribution in [0.3, 0.4) is 0 Å². The van der Waals surface area contributed by atoms with Crippen LogP contribution in [-0.4, -0.2) is 22.8 Å². The molecule has 0 saturated carbocycles. The molecule has 0 aliphatic heterocycles. The largest absolute Gasteiger partial charge is 0.463 e. The molecule has 0 aliphatic carbocycles. The van der Waals surface area contributed by atoms with Crippen LogP contribution in [0.25, 0.3) is 0 Å². The summed E-state index contributed by atoms with van der Waals surface area (Å²) in [6.07, 6.45) is 1.58. The van der Waals surface area contributed by atoms with Crippen LogP contribution in [-0.2, 0) is 9.53 Å². The van der Waals surface area contributed by atoms with E-state index in [2.05, 4.69) is 13.8 Å². The molecule has 1 unspecified atom stereocenters. The zero-order valence-corrected chi connectivity index (χ0v) is 10.5. The minimum Gasteiger partial charge on any atom is -0.463 e. The molecule has 0 spiro atoms. The summed E-state index contributed by atoms with van der Waals surface area (Å²) in [5, 5.41) is 9.53. The zero-order valence-electron chi connectivity index (χ0n) is 10.5. The second-order valence-electron chi connectivity index (χ2n) is 5.25. The highest BCUT2D eigenvalue weighted by molar-refractivity contribution is 5.69. The van der Waals surface area contributed by atoms with E-state index in [-0.39, 0.29) is 12.1 Å². The molecule has 3 nitrogen and oxygen atoms in total. The Kier molecular flexibility index (Phi) is 5.88. The van der Waals surface area contributed by atoms with E-state index in [1.54, 1.807) is 13.8 Å². The van der Waals surface area contributed by atoms with E-state index >= 15 is 0 Å². The summed E-state index contributed by atoms with van der Waals surface area (Å²) in [4.78, 5) is 11.3. The van der Waals surface area contributed by atoms with Gasteiger partial charge in [-0.15, -0.1) is 0 Å². The molecule has 0 aromatic heterocycles. The standard InChI is InChI=1S/C12H24O3/c1-9(2)6-7-11(13)15-10(3)8-12(4,5)14/h9-10,14H,6-8H2,1-5H3. The predicted molar refractivity (Wildman–Crippen MR) is 60.5 cm³/mol. The second-order valence-corrected chi connectivity index (χ2v) is 5.25. The number of esters is 1. The number of rotatable bonds is 6. The van der Waals surface area contributed by atoms with E-state index in [1.807, 2.05) is 6.92 Å².